The van der Waals surface area contributed by atoms with Crippen molar-refractivity contribution >= 4 is 46.2 Å². The van der Waals surface area contributed by atoms with Gasteiger partial charge >= 0.3 is 0 Å². The summed E-state index contributed by atoms with van der Waals surface area (Å²) in [6.07, 6.45) is 0. The highest BCUT2D eigenvalue weighted by Crippen LogP contribution is 2.16. The molecule has 2 aromatic rings. The molecule has 2 amide bonds. The number of hydrogen-bond donors (Lipinski definition) is 0. The SMILES string of the molecule is O=C(c1ccccc1)N1CCN(C(=O)c2ccccc2)C(=S)C1=S. The van der Waals surface area contributed by atoms with E-state index in [-0.39, 0.29) is 21.8 Å². The van der Waals surface area contributed by atoms with Gasteiger partial charge in [0, 0.05) is 24.2 Å². The van der Waals surface area contributed by atoms with Gasteiger partial charge < -0.3 is 0 Å². The van der Waals surface area contributed by atoms with Gasteiger partial charge in [-0.1, -0.05) is 60.8 Å². The molecule has 0 bridgehead atoms. The number of amides is 2. The van der Waals surface area contributed by atoms with Gasteiger partial charge in [0.25, 0.3) is 11.8 Å². The van der Waals surface area contributed by atoms with Crippen LogP contribution in [0.3, 0.4) is 0 Å². The molecule has 120 valence electrons. The van der Waals surface area contributed by atoms with E-state index >= 15 is 0 Å². The lowest BCUT2D eigenvalue weighted by Crippen LogP contribution is -2.56. The Morgan fingerprint density at radius 2 is 1.00 bits per heavy atom. The van der Waals surface area contributed by atoms with E-state index < -0.39 is 0 Å². The van der Waals surface area contributed by atoms with Crippen LogP contribution >= 0.6 is 24.4 Å². The molecule has 1 aliphatic rings. The zero-order valence-corrected chi connectivity index (χ0v) is 14.3. The van der Waals surface area contributed by atoms with Gasteiger partial charge in [-0.15, -0.1) is 0 Å². The lowest BCUT2D eigenvalue weighted by molar-refractivity contribution is 0.0778. The highest BCUT2D eigenvalue weighted by Gasteiger charge is 2.33. The molecule has 0 N–H and O–H groups in total. The Kier molecular flexibility index (Phi) is 4.78. The van der Waals surface area contributed by atoms with Crippen LogP contribution in [0, 0.1) is 0 Å². The second kappa shape index (κ2) is 6.98. The van der Waals surface area contributed by atoms with Gasteiger partial charge in [-0.05, 0) is 24.3 Å². The molecular formula is C18H14N2O2S2. The van der Waals surface area contributed by atoms with Gasteiger partial charge in [0.05, 0.1) is 0 Å². The average molecular weight is 354 g/mol. The standard InChI is InChI=1S/C18H14N2O2S2/c21-15(13-7-3-1-4-8-13)19-11-12-20(18(24)17(19)23)16(22)14-9-5-2-6-10-14/h1-10H,11-12H2. The minimum atomic E-state index is -0.199. The normalized spacial score (nSPS) is 14.7. The van der Waals surface area contributed by atoms with Gasteiger partial charge in [-0.25, -0.2) is 0 Å². The first-order valence-electron chi connectivity index (χ1n) is 7.41. The van der Waals surface area contributed by atoms with E-state index in [0.717, 1.165) is 0 Å². The summed E-state index contributed by atoms with van der Waals surface area (Å²) in [6.45, 7) is 0.649. The summed E-state index contributed by atoms with van der Waals surface area (Å²) in [5.41, 5.74) is 1.09. The number of nitrogens with zero attached hydrogens (tertiary/aromatic N) is 2. The topological polar surface area (TPSA) is 40.6 Å². The third-order valence-corrected chi connectivity index (χ3v) is 4.71. The van der Waals surface area contributed by atoms with Crippen molar-refractivity contribution < 1.29 is 9.59 Å². The molecule has 1 saturated heterocycles. The Labute approximate surface area is 150 Å². The molecule has 2 aromatic carbocycles. The van der Waals surface area contributed by atoms with Crippen LogP contribution in [0.1, 0.15) is 20.7 Å². The molecule has 1 heterocycles. The monoisotopic (exact) mass is 354 g/mol. The number of hydrogen-bond acceptors (Lipinski definition) is 4. The third kappa shape index (κ3) is 3.11. The summed E-state index contributed by atoms with van der Waals surface area (Å²) in [5.74, 6) is -0.399. The fourth-order valence-corrected chi connectivity index (χ4v) is 3.06. The largest absolute Gasteiger partial charge is 0.295 e. The maximum atomic E-state index is 12.6. The lowest BCUT2D eigenvalue weighted by Gasteiger charge is -2.35. The van der Waals surface area contributed by atoms with Crippen LogP contribution in [0.25, 0.3) is 0 Å². The minimum absolute atomic E-state index is 0.199. The predicted octanol–water partition coefficient (Wildman–Crippen LogP) is 2.94. The van der Waals surface area contributed by atoms with E-state index in [1.807, 2.05) is 12.1 Å². The number of benzene rings is 2. The second-order valence-corrected chi connectivity index (χ2v) is 6.03. The first-order chi connectivity index (χ1) is 11.6. The molecule has 6 heteroatoms. The van der Waals surface area contributed by atoms with E-state index in [9.17, 15) is 9.59 Å². The first kappa shape index (κ1) is 16.4. The van der Waals surface area contributed by atoms with Crippen LogP contribution < -0.4 is 0 Å². The van der Waals surface area contributed by atoms with E-state index in [1.54, 1.807) is 48.5 Å². The van der Waals surface area contributed by atoms with Gasteiger partial charge in [0.2, 0.25) is 0 Å². The van der Waals surface area contributed by atoms with Gasteiger partial charge in [-0.2, -0.15) is 0 Å². The molecule has 0 radical (unpaired) electrons. The summed E-state index contributed by atoms with van der Waals surface area (Å²) in [6, 6.07) is 17.8. The zero-order valence-electron chi connectivity index (χ0n) is 12.7. The molecule has 3 rings (SSSR count). The Bertz CT molecular complexity index is 737. The Balaban J connectivity index is 1.78. The van der Waals surface area contributed by atoms with Crippen molar-refractivity contribution in [3.8, 4) is 0 Å². The number of carbonyl (C=O) groups is 2. The maximum absolute atomic E-state index is 12.6. The van der Waals surface area contributed by atoms with Gasteiger partial charge in [-0.3, -0.25) is 19.4 Å². The lowest BCUT2D eigenvalue weighted by atomic mass is 10.1. The zero-order chi connectivity index (χ0) is 17.1. The van der Waals surface area contributed by atoms with Crippen LogP contribution in [-0.4, -0.2) is 44.7 Å². The Morgan fingerprint density at radius 3 is 1.33 bits per heavy atom. The van der Waals surface area contributed by atoms with E-state index in [1.165, 1.54) is 9.80 Å². The van der Waals surface area contributed by atoms with Crippen molar-refractivity contribution in [3.05, 3.63) is 71.8 Å². The predicted molar refractivity (Wildman–Crippen MR) is 100 cm³/mol. The van der Waals surface area contributed by atoms with E-state index in [4.69, 9.17) is 24.4 Å². The fourth-order valence-electron chi connectivity index (χ4n) is 2.49. The summed E-state index contributed by atoms with van der Waals surface area (Å²) >= 11 is 10.7. The van der Waals surface area contributed by atoms with E-state index in [2.05, 4.69) is 0 Å². The molecule has 0 unspecified atom stereocenters. The average Bonchev–Trinajstić information content (AvgIpc) is 2.64. The van der Waals surface area contributed by atoms with Crippen molar-refractivity contribution in [1.29, 1.82) is 0 Å². The number of piperazine rings is 1. The number of carbonyl (C=O) groups excluding carboxylic acids is 2. The fraction of sp³-hybridized carbons (Fsp3) is 0.111. The van der Waals surface area contributed by atoms with Crippen molar-refractivity contribution in [2.24, 2.45) is 0 Å². The smallest absolute Gasteiger partial charge is 0.259 e. The molecule has 0 spiro atoms. The summed E-state index contributed by atoms with van der Waals surface area (Å²) in [4.78, 5) is 28.5. The number of rotatable bonds is 2. The van der Waals surface area contributed by atoms with E-state index in [0.29, 0.717) is 24.2 Å². The molecule has 1 fully saturated rings. The van der Waals surface area contributed by atoms with Crippen molar-refractivity contribution in [1.82, 2.24) is 9.80 Å². The van der Waals surface area contributed by atoms with Crippen LogP contribution in [0.5, 0.6) is 0 Å². The van der Waals surface area contributed by atoms with Crippen LogP contribution in [-0.2, 0) is 0 Å². The Hall–Kier alpha value is -2.44. The van der Waals surface area contributed by atoms with Crippen molar-refractivity contribution in [3.63, 3.8) is 0 Å². The quantitative estimate of drug-likeness (QED) is 0.778. The maximum Gasteiger partial charge on any atom is 0.259 e. The minimum Gasteiger partial charge on any atom is -0.295 e. The third-order valence-electron chi connectivity index (χ3n) is 3.75. The first-order valence-corrected chi connectivity index (χ1v) is 8.23. The molecule has 1 aliphatic heterocycles. The van der Waals surface area contributed by atoms with Crippen LogP contribution in [0.4, 0.5) is 0 Å². The molecule has 24 heavy (non-hydrogen) atoms. The van der Waals surface area contributed by atoms with Crippen molar-refractivity contribution in [2.75, 3.05) is 13.1 Å². The molecular weight excluding hydrogens is 340 g/mol. The molecule has 4 nitrogen and oxygen atoms in total. The second-order valence-electron chi connectivity index (χ2n) is 5.26. The summed E-state index contributed by atoms with van der Waals surface area (Å²) in [5, 5.41) is 0. The molecule has 0 aromatic heterocycles. The van der Waals surface area contributed by atoms with Gasteiger partial charge in [0.1, 0.15) is 9.98 Å². The van der Waals surface area contributed by atoms with Crippen molar-refractivity contribution in [2.45, 2.75) is 0 Å². The summed E-state index contributed by atoms with van der Waals surface area (Å²) < 4.78 is 0. The molecule has 0 atom stereocenters. The van der Waals surface area contributed by atoms with Crippen LogP contribution in [0.2, 0.25) is 0 Å². The number of thiocarbonyl (C=S) groups is 2. The van der Waals surface area contributed by atoms with Crippen LogP contribution in [0.15, 0.2) is 60.7 Å². The Morgan fingerprint density at radius 1 is 0.667 bits per heavy atom. The highest BCUT2D eigenvalue weighted by atomic mass is 32.1. The highest BCUT2D eigenvalue weighted by molar-refractivity contribution is 7.89. The molecule has 0 aliphatic carbocycles. The summed E-state index contributed by atoms with van der Waals surface area (Å²) in [7, 11) is 0. The van der Waals surface area contributed by atoms with Gasteiger partial charge in [0.15, 0.2) is 0 Å². The molecule has 0 saturated carbocycles.